The number of nitrogens with zero attached hydrogens (tertiary/aromatic N) is 1. The number of alkyl halides is 1. The van der Waals surface area contributed by atoms with Crippen molar-refractivity contribution >= 4 is 53.7 Å². The van der Waals surface area contributed by atoms with Crippen molar-refractivity contribution < 1.29 is 0 Å². The molecule has 0 atom stereocenters. The van der Waals surface area contributed by atoms with Crippen molar-refractivity contribution in [1.29, 1.82) is 0 Å². The van der Waals surface area contributed by atoms with Crippen LogP contribution in [0, 0.1) is 0 Å². The van der Waals surface area contributed by atoms with E-state index in [1.807, 2.05) is 0 Å². The lowest BCUT2D eigenvalue weighted by molar-refractivity contribution is 0.611. The summed E-state index contributed by atoms with van der Waals surface area (Å²) >= 11 is 7.25. The van der Waals surface area contributed by atoms with Gasteiger partial charge in [0.2, 0.25) is 0 Å². The molecule has 0 aliphatic heterocycles. The Balaban J connectivity index is 1.81. The first kappa shape index (κ1) is 17.9. The predicted octanol–water partition coefficient (Wildman–Crippen LogP) is 7.43. The number of fused-ring (bicyclic) bond motifs is 2. The summed E-state index contributed by atoms with van der Waals surface area (Å²) in [5.74, 6) is 0. The minimum Gasteiger partial charge on any atom is -0.248 e. The monoisotopic (exact) mass is 447 g/mol. The SMILES string of the molecule is BrCCCCCCCCc1c2ccccc2nc2cccc(Br)c12. The highest BCUT2D eigenvalue weighted by Gasteiger charge is 2.11. The van der Waals surface area contributed by atoms with Crippen molar-refractivity contribution in [2.24, 2.45) is 0 Å². The smallest absolute Gasteiger partial charge is 0.0723 e. The topological polar surface area (TPSA) is 12.9 Å². The van der Waals surface area contributed by atoms with Gasteiger partial charge < -0.3 is 0 Å². The van der Waals surface area contributed by atoms with Crippen LogP contribution in [0.3, 0.4) is 0 Å². The number of hydrogen-bond donors (Lipinski definition) is 0. The third-order valence-electron chi connectivity index (χ3n) is 4.57. The van der Waals surface area contributed by atoms with E-state index in [1.165, 1.54) is 54.9 Å². The number of aryl methyl sites for hydroxylation is 1. The van der Waals surface area contributed by atoms with E-state index in [0.717, 1.165) is 27.3 Å². The van der Waals surface area contributed by atoms with E-state index in [-0.39, 0.29) is 0 Å². The van der Waals surface area contributed by atoms with Gasteiger partial charge in [-0.3, -0.25) is 0 Å². The van der Waals surface area contributed by atoms with E-state index in [9.17, 15) is 0 Å². The summed E-state index contributed by atoms with van der Waals surface area (Å²) in [4.78, 5) is 4.84. The van der Waals surface area contributed by atoms with Gasteiger partial charge >= 0.3 is 0 Å². The van der Waals surface area contributed by atoms with Crippen molar-refractivity contribution in [3.63, 3.8) is 0 Å². The molecule has 2 aromatic carbocycles. The summed E-state index contributed by atoms with van der Waals surface area (Å²) in [5, 5.41) is 3.72. The van der Waals surface area contributed by atoms with Gasteiger partial charge in [0.05, 0.1) is 11.0 Å². The van der Waals surface area contributed by atoms with Crippen LogP contribution in [0.1, 0.15) is 44.1 Å². The second-order valence-electron chi connectivity index (χ2n) is 6.30. The minimum atomic E-state index is 1.09. The van der Waals surface area contributed by atoms with E-state index >= 15 is 0 Å². The number of halogens is 2. The Hall–Kier alpha value is -0.930. The average Bonchev–Trinajstić information content (AvgIpc) is 2.60. The summed E-state index contributed by atoms with van der Waals surface area (Å²) in [5.41, 5.74) is 3.65. The zero-order valence-corrected chi connectivity index (χ0v) is 17.1. The Bertz CT molecular complexity index is 813. The zero-order chi connectivity index (χ0) is 16.8. The summed E-state index contributed by atoms with van der Waals surface area (Å²) in [6.07, 6.45) is 9.02. The lowest BCUT2D eigenvalue weighted by Crippen LogP contribution is -1.94. The molecule has 0 spiro atoms. The fraction of sp³-hybridized carbons (Fsp3) is 0.381. The van der Waals surface area contributed by atoms with Gasteiger partial charge in [-0.05, 0) is 43.0 Å². The lowest BCUT2D eigenvalue weighted by Gasteiger charge is -2.12. The Labute approximate surface area is 161 Å². The number of unbranched alkanes of at least 4 members (excludes halogenated alkanes) is 5. The van der Waals surface area contributed by atoms with Crippen molar-refractivity contribution in [3.05, 3.63) is 52.5 Å². The van der Waals surface area contributed by atoms with E-state index in [0.29, 0.717) is 0 Å². The van der Waals surface area contributed by atoms with Crippen LogP contribution >= 0.6 is 31.9 Å². The highest BCUT2D eigenvalue weighted by molar-refractivity contribution is 9.10. The number of benzene rings is 2. The maximum absolute atomic E-state index is 4.84. The normalized spacial score (nSPS) is 11.4. The van der Waals surface area contributed by atoms with Crippen molar-refractivity contribution in [2.45, 2.75) is 44.9 Å². The summed E-state index contributed by atoms with van der Waals surface area (Å²) in [6.45, 7) is 0. The molecule has 126 valence electrons. The second kappa shape index (κ2) is 8.96. The summed E-state index contributed by atoms with van der Waals surface area (Å²) in [6, 6.07) is 14.9. The van der Waals surface area contributed by atoms with E-state index in [1.54, 1.807) is 0 Å². The maximum atomic E-state index is 4.84. The van der Waals surface area contributed by atoms with Gasteiger partial charge in [-0.1, -0.05) is 81.8 Å². The van der Waals surface area contributed by atoms with Crippen LogP contribution in [0.25, 0.3) is 21.8 Å². The molecule has 0 aliphatic carbocycles. The van der Waals surface area contributed by atoms with Crippen LogP contribution in [-0.2, 0) is 6.42 Å². The Morgan fingerprint density at radius 2 is 1.46 bits per heavy atom. The molecule has 0 saturated heterocycles. The van der Waals surface area contributed by atoms with Gasteiger partial charge in [-0.25, -0.2) is 4.98 Å². The summed E-state index contributed by atoms with van der Waals surface area (Å²) in [7, 11) is 0. The van der Waals surface area contributed by atoms with Crippen LogP contribution in [-0.4, -0.2) is 10.3 Å². The fourth-order valence-electron chi connectivity index (χ4n) is 3.36. The fourth-order valence-corrected chi connectivity index (χ4v) is 4.35. The second-order valence-corrected chi connectivity index (χ2v) is 7.95. The molecule has 3 aromatic rings. The first-order valence-electron chi connectivity index (χ1n) is 8.83. The molecule has 0 unspecified atom stereocenters. The molecule has 0 aliphatic rings. The highest BCUT2D eigenvalue weighted by atomic mass is 79.9. The quantitative estimate of drug-likeness (QED) is 0.198. The number of pyridine rings is 1. The zero-order valence-electron chi connectivity index (χ0n) is 13.9. The largest absolute Gasteiger partial charge is 0.248 e. The molecule has 0 fully saturated rings. The average molecular weight is 449 g/mol. The Kier molecular flexibility index (Phi) is 6.67. The summed E-state index contributed by atoms with van der Waals surface area (Å²) < 4.78 is 1.16. The predicted molar refractivity (Wildman–Crippen MR) is 112 cm³/mol. The molecule has 0 bridgehead atoms. The first-order chi connectivity index (χ1) is 11.8. The molecular weight excluding hydrogens is 426 g/mol. The highest BCUT2D eigenvalue weighted by Crippen LogP contribution is 2.32. The van der Waals surface area contributed by atoms with Crippen LogP contribution in [0.15, 0.2) is 46.9 Å². The van der Waals surface area contributed by atoms with Crippen LogP contribution < -0.4 is 0 Å². The van der Waals surface area contributed by atoms with Gasteiger partial charge in [0.15, 0.2) is 0 Å². The maximum Gasteiger partial charge on any atom is 0.0723 e. The van der Waals surface area contributed by atoms with Crippen molar-refractivity contribution in [1.82, 2.24) is 4.98 Å². The number of rotatable bonds is 8. The van der Waals surface area contributed by atoms with Crippen molar-refractivity contribution in [3.8, 4) is 0 Å². The molecule has 3 heteroatoms. The molecule has 1 nitrogen and oxygen atoms in total. The number of hydrogen-bond acceptors (Lipinski definition) is 1. The molecule has 3 rings (SSSR count). The molecule has 0 N–H and O–H groups in total. The molecule has 0 saturated carbocycles. The molecule has 24 heavy (non-hydrogen) atoms. The number of para-hydroxylation sites is 1. The van der Waals surface area contributed by atoms with E-state index in [2.05, 4.69) is 74.3 Å². The van der Waals surface area contributed by atoms with Gasteiger partial charge in [0.1, 0.15) is 0 Å². The third kappa shape index (κ3) is 4.18. The molecule has 0 amide bonds. The Morgan fingerprint density at radius 3 is 2.29 bits per heavy atom. The number of aromatic nitrogens is 1. The van der Waals surface area contributed by atoms with Gasteiger partial charge in [0, 0.05) is 20.6 Å². The van der Waals surface area contributed by atoms with Gasteiger partial charge in [0.25, 0.3) is 0 Å². The van der Waals surface area contributed by atoms with Crippen LogP contribution in [0.5, 0.6) is 0 Å². The van der Waals surface area contributed by atoms with Crippen LogP contribution in [0.2, 0.25) is 0 Å². The van der Waals surface area contributed by atoms with E-state index in [4.69, 9.17) is 4.98 Å². The Morgan fingerprint density at radius 1 is 0.750 bits per heavy atom. The van der Waals surface area contributed by atoms with E-state index < -0.39 is 0 Å². The minimum absolute atomic E-state index is 1.09. The lowest BCUT2D eigenvalue weighted by atomic mass is 9.97. The third-order valence-corrected chi connectivity index (χ3v) is 5.80. The molecule has 0 radical (unpaired) electrons. The van der Waals surface area contributed by atoms with Gasteiger partial charge in [-0.15, -0.1) is 0 Å². The first-order valence-corrected chi connectivity index (χ1v) is 10.7. The molecule has 1 aromatic heterocycles. The van der Waals surface area contributed by atoms with Crippen molar-refractivity contribution in [2.75, 3.05) is 5.33 Å². The standard InChI is InChI=1S/C21H23Br2N/c22-15-8-4-2-1-3-5-11-17-16-10-6-7-13-19(16)24-20-14-9-12-18(23)21(17)20/h6-7,9-10,12-14H,1-5,8,11,15H2. The van der Waals surface area contributed by atoms with Gasteiger partial charge in [-0.2, -0.15) is 0 Å². The van der Waals surface area contributed by atoms with Crippen LogP contribution in [0.4, 0.5) is 0 Å². The molecular formula is C21H23Br2N. The molecule has 1 heterocycles.